The molecular weight excluding hydrogens is 372 g/mol. The summed E-state index contributed by atoms with van der Waals surface area (Å²) in [7, 11) is 0. The van der Waals surface area contributed by atoms with Gasteiger partial charge in [0.25, 0.3) is 0 Å². The van der Waals surface area contributed by atoms with Crippen molar-refractivity contribution in [3.63, 3.8) is 0 Å². The minimum absolute atomic E-state index is 0.0115. The molecule has 142 valence electrons. The van der Waals surface area contributed by atoms with E-state index in [1.54, 1.807) is 0 Å². The number of alkyl halides is 4. The summed E-state index contributed by atoms with van der Waals surface area (Å²) < 4.78 is 58.7. The van der Waals surface area contributed by atoms with Crippen LogP contribution in [0.3, 0.4) is 0 Å². The van der Waals surface area contributed by atoms with E-state index in [4.69, 9.17) is 9.84 Å². The standard InChI is InChI=1S/C18H12F4O5/c19-17(20)18(21,22)27-14-8-6-13(7-9-14)26-16(25)12-4-1-11(2-5-12)3-10-15(23)24/h1-10,17H,(H,23,24)/b10-3+. The fourth-order valence-electron chi connectivity index (χ4n) is 1.84. The van der Waals surface area contributed by atoms with Gasteiger partial charge in [0.05, 0.1) is 5.56 Å². The molecule has 0 aliphatic carbocycles. The monoisotopic (exact) mass is 384 g/mol. The second-order valence-electron chi connectivity index (χ2n) is 5.12. The number of carboxylic acid groups (broad SMARTS) is 1. The number of carbonyl (C=O) groups excluding carboxylic acids is 1. The van der Waals surface area contributed by atoms with Crippen LogP contribution < -0.4 is 9.47 Å². The maximum absolute atomic E-state index is 12.8. The maximum Gasteiger partial charge on any atom is 0.461 e. The first kappa shape index (κ1) is 20.0. The molecule has 0 spiro atoms. The van der Waals surface area contributed by atoms with Gasteiger partial charge in [-0.05, 0) is 48.0 Å². The van der Waals surface area contributed by atoms with E-state index in [2.05, 4.69) is 4.74 Å². The summed E-state index contributed by atoms with van der Waals surface area (Å²) in [6, 6.07) is 9.95. The first-order valence-corrected chi connectivity index (χ1v) is 7.35. The lowest BCUT2D eigenvalue weighted by Gasteiger charge is -2.16. The number of rotatable bonds is 7. The first-order valence-electron chi connectivity index (χ1n) is 7.35. The lowest BCUT2D eigenvalue weighted by Crippen LogP contribution is -2.33. The van der Waals surface area contributed by atoms with Crippen molar-refractivity contribution in [2.75, 3.05) is 0 Å². The van der Waals surface area contributed by atoms with Crippen molar-refractivity contribution in [3.8, 4) is 11.5 Å². The molecule has 0 saturated carbocycles. The van der Waals surface area contributed by atoms with E-state index in [0.29, 0.717) is 5.56 Å². The predicted octanol–water partition coefficient (Wildman–Crippen LogP) is 4.24. The van der Waals surface area contributed by atoms with Crippen molar-refractivity contribution in [1.29, 1.82) is 0 Å². The fourth-order valence-corrected chi connectivity index (χ4v) is 1.84. The molecule has 0 aliphatic heterocycles. The number of benzene rings is 2. The number of aliphatic carboxylic acids is 1. The summed E-state index contributed by atoms with van der Waals surface area (Å²) in [6.07, 6.45) is -6.34. The smallest absolute Gasteiger partial charge is 0.461 e. The Kier molecular flexibility index (Phi) is 6.17. The Labute approximate surface area is 150 Å². The summed E-state index contributed by atoms with van der Waals surface area (Å²) in [5, 5.41) is 8.54. The van der Waals surface area contributed by atoms with Crippen LogP contribution >= 0.6 is 0 Å². The lowest BCUT2D eigenvalue weighted by molar-refractivity contribution is -0.253. The Morgan fingerprint density at radius 1 is 0.963 bits per heavy atom. The number of carbonyl (C=O) groups is 2. The Morgan fingerprint density at radius 3 is 2.04 bits per heavy atom. The first-order chi connectivity index (χ1) is 12.7. The third kappa shape index (κ3) is 5.84. The van der Waals surface area contributed by atoms with Gasteiger partial charge in [-0.25, -0.2) is 9.59 Å². The minimum Gasteiger partial charge on any atom is -0.478 e. The van der Waals surface area contributed by atoms with Crippen LogP contribution in [0.2, 0.25) is 0 Å². The average Bonchev–Trinajstić information content (AvgIpc) is 2.61. The van der Waals surface area contributed by atoms with Crippen LogP contribution in [0.4, 0.5) is 17.6 Å². The van der Waals surface area contributed by atoms with E-state index < -0.39 is 30.2 Å². The van der Waals surface area contributed by atoms with Gasteiger partial charge in [0.1, 0.15) is 11.5 Å². The van der Waals surface area contributed by atoms with Crippen molar-refractivity contribution in [1.82, 2.24) is 0 Å². The van der Waals surface area contributed by atoms with Crippen molar-refractivity contribution in [3.05, 3.63) is 65.7 Å². The van der Waals surface area contributed by atoms with Crippen LogP contribution in [-0.4, -0.2) is 29.6 Å². The fraction of sp³-hybridized carbons (Fsp3) is 0.111. The van der Waals surface area contributed by atoms with Gasteiger partial charge < -0.3 is 14.6 Å². The highest BCUT2D eigenvalue weighted by Crippen LogP contribution is 2.28. The van der Waals surface area contributed by atoms with E-state index in [1.165, 1.54) is 30.3 Å². The molecule has 2 aromatic rings. The third-order valence-electron chi connectivity index (χ3n) is 3.11. The van der Waals surface area contributed by atoms with E-state index in [9.17, 15) is 27.2 Å². The van der Waals surface area contributed by atoms with Gasteiger partial charge in [-0.1, -0.05) is 12.1 Å². The Hall–Kier alpha value is -3.36. The number of halogens is 4. The van der Waals surface area contributed by atoms with Gasteiger partial charge in [-0.15, -0.1) is 0 Å². The van der Waals surface area contributed by atoms with Gasteiger partial charge in [0.15, 0.2) is 0 Å². The van der Waals surface area contributed by atoms with Gasteiger partial charge in [0, 0.05) is 6.08 Å². The van der Waals surface area contributed by atoms with E-state index in [0.717, 1.165) is 30.3 Å². The summed E-state index contributed by atoms with van der Waals surface area (Å²) >= 11 is 0. The zero-order chi connectivity index (χ0) is 20.0. The molecule has 0 bridgehead atoms. The van der Waals surface area contributed by atoms with Gasteiger partial charge >= 0.3 is 24.5 Å². The molecule has 5 nitrogen and oxygen atoms in total. The molecule has 27 heavy (non-hydrogen) atoms. The molecule has 2 rings (SSSR count). The van der Waals surface area contributed by atoms with Crippen molar-refractivity contribution < 1.29 is 41.7 Å². The number of esters is 1. The Morgan fingerprint density at radius 2 is 1.52 bits per heavy atom. The molecule has 0 radical (unpaired) electrons. The van der Waals surface area contributed by atoms with Crippen LogP contribution in [-0.2, 0) is 4.79 Å². The topological polar surface area (TPSA) is 72.8 Å². The largest absolute Gasteiger partial charge is 0.478 e. The lowest BCUT2D eigenvalue weighted by atomic mass is 10.1. The molecule has 1 N–H and O–H groups in total. The summed E-state index contributed by atoms with van der Waals surface area (Å²) in [5.74, 6) is -2.40. The highest BCUT2D eigenvalue weighted by Gasteiger charge is 2.43. The molecule has 0 fully saturated rings. The molecule has 0 heterocycles. The van der Waals surface area contributed by atoms with Gasteiger partial charge in [-0.2, -0.15) is 17.6 Å². The highest BCUT2D eigenvalue weighted by molar-refractivity contribution is 5.91. The maximum atomic E-state index is 12.8. The summed E-state index contributed by atoms with van der Waals surface area (Å²) in [6.45, 7) is 0. The van der Waals surface area contributed by atoms with Crippen molar-refractivity contribution in [2.24, 2.45) is 0 Å². The number of hydrogen-bond donors (Lipinski definition) is 1. The number of carboxylic acids is 1. The Bertz CT molecular complexity index is 830. The summed E-state index contributed by atoms with van der Waals surface area (Å²) in [5.41, 5.74) is 0.711. The predicted molar refractivity (Wildman–Crippen MR) is 86.1 cm³/mol. The molecule has 2 aromatic carbocycles. The van der Waals surface area contributed by atoms with Crippen LogP contribution in [0, 0.1) is 0 Å². The SMILES string of the molecule is O=C(O)/C=C/c1ccc(C(=O)Oc2ccc(OC(F)(F)C(F)F)cc2)cc1. The molecule has 9 heteroatoms. The van der Waals surface area contributed by atoms with Crippen LogP contribution in [0.25, 0.3) is 6.08 Å². The van der Waals surface area contributed by atoms with Crippen molar-refractivity contribution in [2.45, 2.75) is 12.5 Å². The summed E-state index contributed by atoms with van der Waals surface area (Å²) in [4.78, 5) is 22.4. The molecule has 0 unspecified atom stereocenters. The molecular formula is C18H12F4O5. The zero-order valence-electron chi connectivity index (χ0n) is 13.4. The van der Waals surface area contributed by atoms with Crippen molar-refractivity contribution >= 4 is 18.0 Å². The van der Waals surface area contributed by atoms with E-state index in [1.807, 2.05) is 0 Å². The van der Waals surface area contributed by atoms with Gasteiger partial charge in [0.2, 0.25) is 0 Å². The molecule has 0 amide bonds. The second-order valence-corrected chi connectivity index (χ2v) is 5.12. The molecule has 0 aromatic heterocycles. The van der Waals surface area contributed by atoms with Crippen LogP contribution in [0.1, 0.15) is 15.9 Å². The number of ether oxygens (including phenoxy) is 2. The zero-order valence-corrected chi connectivity index (χ0v) is 13.4. The molecule has 0 atom stereocenters. The number of hydrogen-bond acceptors (Lipinski definition) is 4. The third-order valence-corrected chi connectivity index (χ3v) is 3.11. The average molecular weight is 384 g/mol. The molecule has 0 saturated heterocycles. The quantitative estimate of drug-likeness (QED) is 0.335. The molecule has 0 aliphatic rings. The van der Waals surface area contributed by atoms with Gasteiger partial charge in [-0.3, -0.25) is 0 Å². The normalized spacial score (nSPS) is 11.6. The Balaban J connectivity index is 2.00. The minimum atomic E-state index is -4.63. The highest BCUT2D eigenvalue weighted by atomic mass is 19.3. The van der Waals surface area contributed by atoms with E-state index >= 15 is 0 Å². The second kappa shape index (κ2) is 8.35. The van der Waals surface area contributed by atoms with E-state index in [-0.39, 0.29) is 11.3 Å². The van der Waals surface area contributed by atoms with Crippen LogP contribution in [0.5, 0.6) is 11.5 Å². The van der Waals surface area contributed by atoms with Crippen LogP contribution in [0.15, 0.2) is 54.6 Å².